The molecule has 0 unspecified atom stereocenters. The molecule has 3 rings (SSSR count). The lowest BCUT2D eigenvalue weighted by Crippen LogP contribution is -2.20. The van der Waals surface area contributed by atoms with E-state index in [1.54, 1.807) is 30.5 Å². The van der Waals surface area contributed by atoms with Crippen LogP contribution in [0.1, 0.15) is 23.0 Å². The number of carbonyl (C=O) groups excluding carboxylic acids is 1. The molecule has 0 aliphatic rings. The molecule has 0 saturated heterocycles. The molecule has 142 valence electrons. The minimum absolute atomic E-state index is 0.00615. The molecule has 0 aliphatic heterocycles. The van der Waals surface area contributed by atoms with Gasteiger partial charge in [-0.05, 0) is 44.2 Å². The number of thioether (sulfide) groups is 1. The lowest BCUT2D eigenvalue weighted by atomic mass is 10.1. The van der Waals surface area contributed by atoms with Crippen molar-refractivity contribution in [1.29, 1.82) is 0 Å². The highest BCUT2D eigenvalue weighted by Gasteiger charge is 2.16. The molecule has 27 heavy (non-hydrogen) atoms. The Balaban J connectivity index is 1.52. The monoisotopic (exact) mass is 387 g/mol. The summed E-state index contributed by atoms with van der Waals surface area (Å²) >= 11 is 1.40. The predicted molar refractivity (Wildman–Crippen MR) is 102 cm³/mol. The maximum absolute atomic E-state index is 11.3. The summed E-state index contributed by atoms with van der Waals surface area (Å²) in [5, 5.41) is 19.3. The third-order valence-corrected chi connectivity index (χ3v) is 5.21. The van der Waals surface area contributed by atoms with Crippen molar-refractivity contribution < 1.29 is 19.1 Å². The highest BCUT2D eigenvalue weighted by atomic mass is 32.2. The van der Waals surface area contributed by atoms with E-state index in [0.29, 0.717) is 22.2 Å². The number of ketones is 1. The van der Waals surface area contributed by atoms with Crippen molar-refractivity contribution in [3.05, 3.63) is 47.9 Å². The zero-order chi connectivity index (χ0) is 19.4. The molecular weight excluding hydrogens is 366 g/mol. The summed E-state index contributed by atoms with van der Waals surface area (Å²) in [6.45, 7) is 3.54. The molecule has 7 nitrogen and oxygen atoms in total. The van der Waals surface area contributed by atoms with Crippen LogP contribution in [0.5, 0.6) is 5.75 Å². The molecule has 0 aliphatic carbocycles. The summed E-state index contributed by atoms with van der Waals surface area (Å²) in [5.41, 5.74) is 1.53. The second-order valence-electron chi connectivity index (χ2n) is 6.11. The van der Waals surface area contributed by atoms with Crippen molar-refractivity contribution in [3.8, 4) is 17.1 Å². The molecule has 1 aromatic carbocycles. The van der Waals surface area contributed by atoms with Crippen LogP contribution in [0.25, 0.3) is 11.4 Å². The van der Waals surface area contributed by atoms with Crippen LogP contribution in [0.15, 0.2) is 46.2 Å². The van der Waals surface area contributed by atoms with Crippen LogP contribution in [-0.4, -0.2) is 44.1 Å². The van der Waals surface area contributed by atoms with Crippen molar-refractivity contribution in [2.45, 2.75) is 25.1 Å². The number of rotatable bonds is 8. The molecule has 0 spiro atoms. The second-order valence-corrected chi connectivity index (χ2v) is 7.10. The number of Topliss-reactive ketones (excluding diaryl/α,β-unsaturated/α-hetero) is 1. The number of aromatic nitrogens is 3. The Bertz CT molecular complexity index is 917. The fourth-order valence-corrected chi connectivity index (χ4v) is 3.31. The molecule has 0 bridgehead atoms. The first-order valence-electron chi connectivity index (χ1n) is 8.44. The molecule has 1 atom stereocenters. The van der Waals surface area contributed by atoms with Crippen molar-refractivity contribution in [2.75, 3.05) is 12.4 Å². The van der Waals surface area contributed by atoms with E-state index in [-0.39, 0.29) is 12.4 Å². The third kappa shape index (κ3) is 4.58. The van der Waals surface area contributed by atoms with Gasteiger partial charge in [-0.2, -0.15) is 0 Å². The van der Waals surface area contributed by atoms with Crippen LogP contribution in [0.4, 0.5) is 0 Å². The fourth-order valence-electron chi connectivity index (χ4n) is 2.49. The first-order valence-corrected chi connectivity index (χ1v) is 9.42. The van der Waals surface area contributed by atoms with Crippen LogP contribution in [0.2, 0.25) is 0 Å². The fraction of sp³-hybridized carbons (Fsp3) is 0.316. The number of hydrogen-bond acceptors (Lipinski definition) is 7. The Hall–Kier alpha value is -2.58. The zero-order valence-electron chi connectivity index (χ0n) is 15.4. The van der Waals surface area contributed by atoms with Crippen LogP contribution in [0.3, 0.4) is 0 Å². The first kappa shape index (κ1) is 19.2. The van der Waals surface area contributed by atoms with Crippen molar-refractivity contribution in [1.82, 2.24) is 14.8 Å². The molecule has 0 fully saturated rings. The van der Waals surface area contributed by atoms with Gasteiger partial charge in [-0.1, -0.05) is 11.8 Å². The predicted octanol–water partition coefficient (Wildman–Crippen LogP) is 3.12. The lowest BCUT2D eigenvalue weighted by Gasteiger charge is -2.12. The van der Waals surface area contributed by atoms with Gasteiger partial charge in [0.15, 0.2) is 16.8 Å². The highest BCUT2D eigenvalue weighted by molar-refractivity contribution is 7.99. The normalized spacial score (nSPS) is 12.1. The van der Waals surface area contributed by atoms with Gasteiger partial charge in [0.2, 0.25) is 0 Å². The molecule has 0 saturated carbocycles. The number of ether oxygens (including phenoxy) is 1. The lowest BCUT2D eigenvalue weighted by molar-refractivity contribution is 0.101. The van der Waals surface area contributed by atoms with Gasteiger partial charge in [-0.3, -0.25) is 4.79 Å². The average molecular weight is 387 g/mol. The topological polar surface area (TPSA) is 90.4 Å². The SMILES string of the molecule is CC(=O)c1ccc(OC[C@H](O)CSc2nnc(-c3ccoc3C)n2C)cc1. The molecular formula is C19H21N3O4S. The molecule has 3 aromatic rings. The average Bonchev–Trinajstić information content (AvgIpc) is 3.23. The zero-order valence-corrected chi connectivity index (χ0v) is 16.2. The summed E-state index contributed by atoms with van der Waals surface area (Å²) in [7, 11) is 1.88. The minimum atomic E-state index is -0.668. The standard InChI is InChI=1S/C19H21N3O4S/c1-12(23)14-4-6-16(7-5-14)26-10-15(24)11-27-19-21-20-18(22(19)3)17-8-9-25-13(17)2/h4-9,15,24H,10-11H2,1-3H3/t15-/m0/s1. The Labute approximate surface area is 161 Å². The summed E-state index contributed by atoms with van der Waals surface area (Å²) in [5.74, 6) is 2.54. The van der Waals surface area contributed by atoms with Crippen molar-refractivity contribution in [2.24, 2.45) is 7.05 Å². The Morgan fingerprint density at radius 2 is 2.04 bits per heavy atom. The Kier molecular flexibility index (Phi) is 5.98. The number of aliphatic hydroxyl groups excluding tert-OH is 1. The molecule has 1 N–H and O–H groups in total. The number of furan rings is 1. The smallest absolute Gasteiger partial charge is 0.191 e. The quantitative estimate of drug-likeness (QED) is 0.469. The number of aliphatic hydroxyl groups is 1. The molecule has 0 radical (unpaired) electrons. The number of aryl methyl sites for hydroxylation is 1. The van der Waals surface area contributed by atoms with Crippen LogP contribution in [0, 0.1) is 6.92 Å². The molecule has 2 heterocycles. The van der Waals surface area contributed by atoms with E-state index in [0.717, 1.165) is 17.1 Å². The third-order valence-electron chi connectivity index (χ3n) is 4.04. The number of hydrogen-bond donors (Lipinski definition) is 1. The van der Waals surface area contributed by atoms with Gasteiger partial charge in [0, 0.05) is 18.4 Å². The molecule has 8 heteroatoms. The van der Waals surface area contributed by atoms with E-state index in [1.807, 2.05) is 24.6 Å². The summed E-state index contributed by atoms with van der Waals surface area (Å²) < 4.78 is 12.8. The minimum Gasteiger partial charge on any atom is -0.491 e. The number of nitrogens with zero attached hydrogens (tertiary/aromatic N) is 3. The first-order chi connectivity index (χ1) is 13.0. The van der Waals surface area contributed by atoms with E-state index < -0.39 is 6.10 Å². The molecule has 0 amide bonds. The highest BCUT2D eigenvalue weighted by Crippen LogP contribution is 2.26. The van der Waals surface area contributed by atoms with Gasteiger partial charge >= 0.3 is 0 Å². The van der Waals surface area contributed by atoms with E-state index >= 15 is 0 Å². The van der Waals surface area contributed by atoms with Gasteiger partial charge in [0.25, 0.3) is 0 Å². The summed E-state index contributed by atoms with van der Waals surface area (Å²) in [6, 6.07) is 8.71. The van der Waals surface area contributed by atoms with Crippen molar-refractivity contribution in [3.63, 3.8) is 0 Å². The second kappa shape index (κ2) is 8.41. The van der Waals surface area contributed by atoms with E-state index in [1.165, 1.54) is 18.7 Å². The van der Waals surface area contributed by atoms with Crippen LogP contribution in [-0.2, 0) is 7.05 Å². The van der Waals surface area contributed by atoms with Gasteiger partial charge in [0.1, 0.15) is 18.1 Å². The number of carbonyl (C=O) groups is 1. The Morgan fingerprint density at radius 3 is 2.67 bits per heavy atom. The Morgan fingerprint density at radius 1 is 1.30 bits per heavy atom. The largest absolute Gasteiger partial charge is 0.491 e. The van der Waals surface area contributed by atoms with E-state index in [2.05, 4.69) is 10.2 Å². The van der Waals surface area contributed by atoms with Gasteiger partial charge in [-0.15, -0.1) is 10.2 Å². The number of benzene rings is 1. The van der Waals surface area contributed by atoms with Gasteiger partial charge < -0.3 is 18.8 Å². The maximum Gasteiger partial charge on any atom is 0.191 e. The van der Waals surface area contributed by atoms with E-state index in [4.69, 9.17) is 9.15 Å². The summed E-state index contributed by atoms with van der Waals surface area (Å²) in [6.07, 6.45) is 0.953. The molecule has 2 aromatic heterocycles. The van der Waals surface area contributed by atoms with Gasteiger partial charge in [-0.25, -0.2) is 0 Å². The van der Waals surface area contributed by atoms with Gasteiger partial charge in [0.05, 0.1) is 17.9 Å². The van der Waals surface area contributed by atoms with E-state index in [9.17, 15) is 9.90 Å². The van der Waals surface area contributed by atoms with Crippen LogP contribution < -0.4 is 4.74 Å². The van der Waals surface area contributed by atoms with Crippen molar-refractivity contribution >= 4 is 17.5 Å². The van der Waals surface area contributed by atoms with Crippen LogP contribution >= 0.6 is 11.8 Å². The summed E-state index contributed by atoms with van der Waals surface area (Å²) in [4.78, 5) is 11.3. The maximum atomic E-state index is 11.3.